The van der Waals surface area contributed by atoms with Crippen LogP contribution in [0.5, 0.6) is 0 Å². The Morgan fingerprint density at radius 2 is 2.36 bits per heavy atom. The lowest BCUT2D eigenvalue weighted by Crippen LogP contribution is -2.22. The summed E-state index contributed by atoms with van der Waals surface area (Å²) in [5.41, 5.74) is 1.27. The third-order valence-electron chi connectivity index (χ3n) is 2.30. The molecule has 0 radical (unpaired) electrons. The molecule has 1 aromatic rings. The van der Waals surface area contributed by atoms with Crippen LogP contribution >= 0.6 is 15.9 Å². The van der Waals surface area contributed by atoms with Crippen LogP contribution in [0.25, 0.3) is 0 Å². The minimum Gasteiger partial charge on any atom is -0.317 e. The van der Waals surface area contributed by atoms with Gasteiger partial charge in [0, 0.05) is 7.05 Å². The Hall–Kier alpha value is -0.350. The van der Waals surface area contributed by atoms with Crippen LogP contribution in [0.3, 0.4) is 0 Å². The molecule has 80 valence electrons. The Labute approximate surface area is 94.0 Å². The van der Waals surface area contributed by atoms with Crippen molar-refractivity contribution < 1.29 is 0 Å². The summed E-state index contributed by atoms with van der Waals surface area (Å²) >= 11 is 3.51. The molecule has 0 aliphatic rings. The van der Waals surface area contributed by atoms with E-state index in [-0.39, 0.29) is 0 Å². The number of nitrogens with zero attached hydrogens (tertiary/aromatic N) is 2. The number of halogens is 1. The van der Waals surface area contributed by atoms with Crippen molar-refractivity contribution in [1.82, 2.24) is 15.1 Å². The van der Waals surface area contributed by atoms with Crippen LogP contribution in [-0.2, 0) is 13.5 Å². The minimum atomic E-state index is 0.640. The fraction of sp³-hybridized carbons (Fsp3) is 0.700. The summed E-state index contributed by atoms with van der Waals surface area (Å²) in [5.74, 6) is 0.640. The summed E-state index contributed by atoms with van der Waals surface area (Å²) in [5, 5.41) is 7.55. The van der Waals surface area contributed by atoms with E-state index in [0.717, 1.165) is 24.0 Å². The second kappa shape index (κ2) is 5.51. The van der Waals surface area contributed by atoms with Gasteiger partial charge in [-0.1, -0.05) is 13.8 Å². The Bertz CT molecular complexity index is 263. The fourth-order valence-electron chi connectivity index (χ4n) is 1.46. The fourth-order valence-corrected chi connectivity index (χ4v) is 1.97. The number of nitrogens with one attached hydrogen (secondary N) is 1. The lowest BCUT2D eigenvalue weighted by molar-refractivity contribution is 0.503. The average Bonchev–Trinajstić information content (AvgIpc) is 2.46. The highest BCUT2D eigenvalue weighted by Gasteiger charge is 2.10. The van der Waals surface area contributed by atoms with Crippen molar-refractivity contribution in [3.05, 3.63) is 16.4 Å². The van der Waals surface area contributed by atoms with Gasteiger partial charge in [0.05, 0.1) is 16.4 Å². The van der Waals surface area contributed by atoms with Gasteiger partial charge in [-0.15, -0.1) is 0 Å². The van der Waals surface area contributed by atoms with Gasteiger partial charge in [-0.05, 0) is 41.4 Å². The molecule has 14 heavy (non-hydrogen) atoms. The van der Waals surface area contributed by atoms with Gasteiger partial charge in [-0.3, -0.25) is 4.68 Å². The number of aromatic nitrogens is 2. The van der Waals surface area contributed by atoms with Gasteiger partial charge in [0.15, 0.2) is 0 Å². The van der Waals surface area contributed by atoms with E-state index in [0.29, 0.717) is 5.92 Å². The van der Waals surface area contributed by atoms with Crippen LogP contribution in [0.15, 0.2) is 10.7 Å². The van der Waals surface area contributed by atoms with E-state index in [9.17, 15) is 0 Å². The van der Waals surface area contributed by atoms with Gasteiger partial charge in [0.2, 0.25) is 0 Å². The van der Waals surface area contributed by atoms with Crippen molar-refractivity contribution in [2.24, 2.45) is 13.0 Å². The van der Waals surface area contributed by atoms with E-state index in [1.54, 1.807) is 0 Å². The van der Waals surface area contributed by atoms with Crippen LogP contribution in [0.2, 0.25) is 0 Å². The zero-order valence-corrected chi connectivity index (χ0v) is 10.6. The molecule has 1 unspecified atom stereocenters. The molecule has 0 saturated heterocycles. The average molecular weight is 260 g/mol. The Kier molecular flexibility index (Phi) is 4.62. The standard InChI is InChI=1S/C10H18BrN3/c1-4-12-6-8(2)5-10-9(11)7-13-14(10)3/h7-8,12H,4-6H2,1-3H3. The van der Waals surface area contributed by atoms with Crippen molar-refractivity contribution in [1.29, 1.82) is 0 Å². The molecule has 0 saturated carbocycles. The van der Waals surface area contributed by atoms with Crippen LogP contribution in [0, 0.1) is 5.92 Å². The van der Waals surface area contributed by atoms with Crippen LogP contribution < -0.4 is 5.32 Å². The second-order valence-corrected chi connectivity index (χ2v) is 4.53. The smallest absolute Gasteiger partial charge is 0.0635 e. The highest BCUT2D eigenvalue weighted by molar-refractivity contribution is 9.10. The summed E-state index contributed by atoms with van der Waals surface area (Å²) in [4.78, 5) is 0. The maximum Gasteiger partial charge on any atom is 0.0635 e. The quantitative estimate of drug-likeness (QED) is 0.877. The maximum atomic E-state index is 4.20. The third-order valence-corrected chi connectivity index (χ3v) is 2.96. The first-order valence-corrected chi connectivity index (χ1v) is 5.81. The molecule has 4 heteroatoms. The van der Waals surface area contributed by atoms with Crippen LogP contribution in [0.1, 0.15) is 19.5 Å². The molecule has 0 bridgehead atoms. The van der Waals surface area contributed by atoms with Crippen molar-refractivity contribution in [2.45, 2.75) is 20.3 Å². The van der Waals surface area contributed by atoms with E-state index in [1.165, 1.54) is 5.69 Å². The molecule has 1 N–H and O–H groups in total. The van der Waals surface area contributed by atoms with E-state index in [1.807, 2.05) is 17.9 Å². The normalized spacial score (nSPS) is 13.1. The molecule has 0 aliphatic carbocycles. The zero-order valence-electron chi connectivity index (χ0n) is 9.05. The molecule has 0 amide bonds. The first kappa shape index (κ1) is 11.7. The van der Waals surface area contributed by atoms with Gasteiger partial charge in [-0.25, -0.2) is 0 Å². The van der Waals surface area contributed by atoms with Gasteiger partial charge in [0.25, 0.3) is 0 Å². The van der Waals surface area contributed by atoms with E-state index < -0.39 is 0 Å². The van der Waals surface area contributed by atoms with Crippen molar-refractivity contribution >= 4 is 15.9 Å². The van der Waals surface area contributed by atoms with Crippen molar-refractivity contribution in [3.8, 4) is 0 Å². The van der Waals surface area contributed by atoms with E-state index in [2.05, 4.69) is 40.2 Å². The highest BCUT2D eigenvalue weighted by Crippen LogP contribution is 2.18. The second-order valence-electron chi connectivity index (χ2n) is 3.68. The molecular formula is C10H18BrN3. The lowest BCUT2D eigenvalue weighted by Gasteiger charge is -2.12. The maximum absolute atomic E-state index is 4.20. The summed E-state index contributed by atoms with van der Waals surface area (Å²) in [6.07, 6.45) is 2.92. The summed E-state index contributed by atoms with van der Waals surface area (Å²) < 4.78 is 3.05. The van der Waals surface area contributed by atoms with E-state index >= 15 is 0 Å². The van der Waals surface area contributed by atoms with E-state index in [4.69, 9.17) is 0 Å². The van der Waals surface area contributed by atoms with Crippen molar-refractivity contribution in [2.75, 3.05) is 13.1 Å². The Balaban J connectivity index is 2.51. The predicted molar refractivity (Wildman–Crippen MR) is 62.3 cm³/mol. The Morgan fingerprint density at radius 3 is 2.86 bits per heavy atom. The number of hydrogen-bond donors (Lipinski definition) is 1. The van der Waals surface area contributed by atoms with Crippen LogP contribution in [0.4, 0.5) is 0 Å². The first-order valence-electron chi connectivity index (χ1n) is 5.02. The van der Waals surface area contributed by atoms with Gasteiger partial charge in [-0.2, -0.15) is 5.10 Å². The van der Waals surface area contributed by atoms with Gasteiger partial charge < -0.3 is 5.32 Å². The minimum absolute atomic E-state index is 0.640. The number of aryl methyl sites for hydroxylation is 1. The topological polar surface area (TPSA) is 29.9 Å². The number of rotatable bonds is 5. The SMILES string of the molecule is CCNCC(C)Cc1c(Br)cnn1C. The molecule has 0 fully saturated rings. The summed E-state index contributed by atoms with van der Waals surface area (Å²) in [6.45, 7) is 6.49. The molecule has 0 aromatic carbocycles. The predicted octanol–water partition coefficient (Wildman–Crippen LogP) is 1.97. The molecule has 1 rings (SSSR count). The molecule has 0 aliphatic heterocycles. The largest absolute Gasteiger partial charge is 0.317 e. The number of hydrogen-bond acceptors (Lipinski definition) is 2. The molecule has 0 spiro atoms. The third kappa shape index (κ3) is 3.10. The molecule has 1 heterocycles. The van der Waals surface area contributed by atoms with Gasteiger partial charge in [0.1, 0.15) is 0 Å². The molecule has 1 aromatic heterocycles. The summed E-state index contributed by atoms with van der Waals surface area (Å²) in [6, 6.07) is 0. The van der Waals surface area contributed by atoms with Gasteiger partial charge >= 0.3 is 0 Å². The summed E-state index contributed by atoms with van der Waals surface area (Å²) in [7, 11) is 1.99. The molecule has 3 nitrogen and oxygen atoms in total. The highest BCUT2D eigenvalue weighted by atomic mass is 79.9. The first-order chi connectivity index (χ1) is 6.65. The molecular weight excluding hydrogens is 242 g/mol. The monoisotopic (exact) mass is 259 g/mol. The van der Waals surface area contributed by atoms with Crippen LogP contribution in [-0.4, -0.2) is 22.9 Å². The lowest BCUT2D eigenvalue weighted by atomic mass is 10.1. The molecule has 1 atom stereocenters. The van der Waals surface area contributed by atoms with Crippen molar-refractivity contribution in [3.63, 3.8) is 0 Å². The Morgan fingerprint density at radius 1 is 1.64 bits per heavy atom. The zero-order chi connectivity index (χ0) is 10.6.